The number of methoxy groups -OCH3 is 2. The second-order valence-corrected chi connectivity index (χ2v) is 4.08. The van der Waals surface area contributed by atoms with Crippen molar-refractivity contribution < 1.29 is 9.47 Å². The number of halogens is 1. The Morgan fingerprint density at radius 1 is 1.38 bits per heavy atom. The van der Waals surface area contributed by atoms with E-state index in [0.29, 0.717) is 11.1 Å². The molecule has 4 heteroatoms. The van der Waals surface area contributed by atoms with Gasteiger partial charge in [-0.25, -0.2) is 0 Å². The first-order valence-corrected chi connectivity index (χ1v) is 5.64. The van der Waals surface area contributed by atoms with Crippen LogP contribution in [0.1, 0.15) is 13.3 Å². The van der Waals surface area contributed by atoms with E-state index in [2.05, 4.69) is 12.2 Å². The molecule has 1 aromatic rings. The molecule has 0 spiro atoms. The summed E-state index contributed by atoms with van der Waals surface area (Å²) in [4.78, 5) is 0. The molecule has 0 heterocycles. The van der Waals surface area contributed by atoms with Crippen molar-refractivity contribution >= 4 is 17.3 Å². The van der Waals surface area contributed by atoms with Gasteiger partial charge in [-0.15, -0.1) is 0 Å². The van der Waals surface area contributed by atoms with E-state index in [-0.39, 0.29) is 0 Å². The van der Waals surface area contributed by atoms with Crippen LogP contribution in [0.2, 0.25) is 5.02 Å². The average Bonchev–Trinajstić information content (AvgIpc) is 2.29. The fourth-order valence-electron chi connectivity index (χ4n) is 1.37. The first kappa shape index (κ1) is 13.1. The van der Waals surface area contributed by atoms with Gasteiger partial charge in [0, 0.05) is 25.8 Å². The van der Waals surface area contributed by atoms with Crippen molar-refractivity contribution in [2.45, 2.75) is 19.4 Å². The lowest BCUT2D eigenvalue weighted by Crippen LogP contribution is -2.17. The molecule has 1 N–H and O–H groups in total. The van der Waals surface area contributed by atoms with Gasteiger partial charge >= 0.3 is 0 Å². The Morgan fingerprint density at radius 2 is 2.12 bits per heavy atom. The Balaban J connectivity index is 2.59. The van der Waals surface area contributed by atoms with Crippen LogP contribution in [0, 0.1) is 0 Å². The van der Waals surface area contributed by atoms with E-state index in [1.165, 1.54) is 0 Å². The van der Waals surface area contributed by atoms with E-state index in [0.717, 1.165) is 24.5 Å². The summed E-state index contributed by atoms with van der Waals surface area (Å²) in [6, 6.07) is 5.93. The highest BCUT2D eigenvalue weighted by Crippen LogP contribution is 2.27. The van der Waals surface area contributed by atoms with Crippen LogP contribution in [0.4, 0.5) is 5.69 Å². The maximum atomic E-state index is 6.11. The van der Waals surface area contributed by atoms with Crippen LogP contribution < -0.4 is 10.1 Å². The van der Waals surface area contributed by atoms with Crippen LogP contribution >= 0.6 is 11.6 Å². The third-order valence-electron chi connectivity index (χ3n) is 2.33. The van der Waals surface area contributed by atoms with Crippen LogP contribution in [0.3, 0.4) is 0 Å². The van der Waals surface area contributed by atoms with Gasteiger partial charge in [0.2, 0.25) is 0 Å². The molecule has 1 unspecified atom stereocenters. The molecule has 90 valence electrons. The fraction of sp³-hybridized carbons (Fsp3) is 0.500. The third kappa shape index (κ3) is 3.91. The summed E-state index contributed by atoms with van der Waals surface area (Å²) in [5.74, 6) is 0.764. The molecule has 0 aliphatic carbocycles. The standard InChI is InChI=1S/C12H18ClNO2/c1-9(6-7-15-2)14-12-5-4-10(16-3)8-11(12)13/h4-5,8-9,14H,6-7H2,1-3H3. The van der Waals surface area contributed by atoms with E-state index >= 15 is 0 Å². The van der Waals surface area contributed by atoms with Crippen molar-refractivity contribution in [3.05, 3.63) is 23.2 Å². The van der Waals surface area contributed by atoms with Crippen molar-refractivity contribution in [1.82, 2.24) is 0 Å². The minimum absolute atomic E-state index is 0.325. The molecule has 0 saturated heterocycles. The van der Waals surface area contributed by atoms with Gasteiger partial charge in [0.15, 0.2) is 0 Å². The smallest absolute Gasteiger partial charge is 0.120 e. The van der Waals surface area contributed by atoms with E-state index < -0.39 is 0 Å². The number of hydrogen-bond donors (Lipinski definition) is 1. The Bertz CT molecular complexity index is 331. The van der Waals surface area contributed by atoms with Crippen LogP contribution in [0.25, 0.3) is 0 Å². The molecule has 0 aromatic heterocycles. The van der Waals surface area contributed by atoms with Crippen LogP contribution in [0.5, 0.6) is 5.75 Å². The highest BCUT2D eigenvalue weighted by molar-refractivity contribution is 6.33. The fourth-order valence-corrected chi connectivity index (χ4v) is 1.60. The number of nitrogens with one attached hydrogen (secondary N) is 1. The van der Waals surface area contributed by atoms with Gasteiger partial charge in [0.1, 0.15) is 5.75 Å². The molecule has 0 fully saturated rings. The Hall–Kier alpha value is -0.930. The zero-order valence-corrected chi connectivity index (χ0v) is 10.7. The number of ether oxygens (including phenoxy) is 2. The monoisotopic (exact) mass is 243 g/mol. The minimum atomic E-state index is 0.325. The lowest BCUT2D eigenvalue weighted by Gasteiger charge is -2.16. The zero-order chi connectivity index (χ0) is 12.0. The molecular formula is C12H18ClNO2. The molecule has 0 amide bonds. The van der Waals surface area contributed by atoms with Gasteiger partial charge in [0.25, 0.3) is 0 Å². The van der Waals surface area contributed by atoms with Gasteiger partial charge in [0.05, 0.1) is 17.8 Å². The summed E-state index contributed by atoms with van der Waals surface area (Å²) in [6.45, 7) is 2.83. The summed E-state index contributed by atoms with van der Waals surface area (Å²) in [6.07, 6.45) is 0.943. The van der Waals surface area contributed by atoms with Gasteiger partial charge < -0.3 is 14.8 Å². The Morgan fingerprint density at radius 3 is 2.69 bits per heavy atom. The maximum Gasteiger partial charge on any atom is 0.120 e. The minimum Gasteiger partial charge on any atom is -0.497 e. The van der Waals surface area contributed by atoms with E-state index in [4.69, 9.17) is 21.1 Å². The average molecular weight is 244 g/mol. The SMILES string of the molecule is COCCC(C)Nc1ccc(OC)cc1Cl. The van der Waals surface area contributed by atoms with Crippen molar-refractivity contribution in [1.29, 1.82) is 0 Å². The molecule has 0 saturated carbocycles. The lowest BCUT2D eigenvalue weighted by molar-refractivity contribution is 0.191. The van der Waals surface area contributed by atoms with Crippen molar-refractivity contribution in [2.75, 3.05) is 26.1 Å². The molecule has 0 bridgehead atoms. The first-order valence-electron chi connectivity index (χ1n) is 5.26. The molecule has 1 aromatic carbocycles. The van der Waals surface area contributed by atoms with Gasteiger partial charge in [-0.2, -0.15) is 0 Å². The molecule has 0 aliphatic heterocycles. The summed E-state index contributed by atoms with van der Waals surface area (Å²) in [5.41, 5.74) is 0.922. The highest BCUT2D eigenvalue weighted by Gasteiger charge is 2.06. The number of benzene rings is 1. The van der Waals surface area contributed by atoms with Crippen LogP contribution in [0.15, 0.2) is 18.2 Å². The quantitative estimate of drug-likeness (QED) is 0.833. The predicted octanol–water partition coefficient (Wildman–Crippen LogP) is 3.19. The molecule has 1 rings (SSSR count). The summed E-state index contributed by atoms with van der Waals surface area (Å²) in [5, 5.41) is 4.00. The summed E-state index contributed by atoms with van der Waals surface area (Å²) in [7, 11) is 3.33. The number of rotatable bonds is 6. The van der Waals surface area contributed by atoms with E-state index in [1.54, 1.807) is 20.3 Å². The van der Waals surface area contributed by atoms with Crippen molar-refractivity contribution in [2.24, 2.45) is 0 Å². The van der Waals surface area contributed by atoms with Crippen molar-refractivity contribution in [3.63, 3.8) is 0 Å². The number of hydrogen-bond acceptors (Lipinski definition) is 3. The molecule has 3 nitrogen and oxygen atoms in total. The van der Waals surface area contributed by atoms with Gasteiger partial charge in [-0.1, -0.05) is 11.6 Å². The van der Waals surface area contributed by atoms with Crippen LogP contribution in [-0.4, -0.2) is 26.9 Å². The van der Waals surface area contributed by atoms with E-state index in [9.17, 15) is 0 Å². The highest BCUT2D eigenvalue weighted by atomic mass is 35.5. The topological polar surface area (TPSA) is 30.5 Å². The second kappa shape index (κ2) is 6.61. The largest absolute Gasteiger partial charge is 0.497 e. The third-order valence-corrected chi connectivity index (χ3v) is 2.65. The predicted molar refractivity (Wildman–Crippen MR) is 67.6 cm³/mol. The first-order chi connectivity index (χ1) is 7.67. The number of anilines is 1. The molecule has 0 aliphatic rings. The normalized spacial score (nSPS) is 12.2. The Kier molecular flexibility index (Phi) is 5.43. The van der Waals surface area contributed by atoms with Crippen LogP contribution in [-0.2, 0) is 4.74 Å². The molecular weight excluding hydrogens is 226 g/mol. The zero-order valence-electron chi connectivity index (χ0n) is 9.92. The van der Waals surface area contributed by atoms with E-state index in [1.807, 2.05) is 12.1 Å². The lowest BCUT2D eigenvalue weighted by atomic mass is 10.2. The van der Waals surface area contributed by atoms with Gasteiger partial charge in [-0.3, -0.25) is 0 Å². The van der Waals surface area contributed by atoms with Crippen molar-refractivity contribution in [3.8, 4) is 5.75 Å². The summed E-state index contributed by atoms with van der Waals surface area (Å²) >= 11 is 6.11. The molecule has 16 heavy (non-hydrogen) atoms. The second-order valence-electron chi connectivity index (χ2n) is 3.67. The maximum absolute atomic E-state index is 6.11. The van der Waals surface area contributed by atoms with Gasteiger partial charge in [-0.05, 0) is 25.5 Å². The summed E-state index contributed by atoms with van der Waals surface area (Å²) < 4.78 is 10.1. The molecule has 0 radical (unpaired) electrons. The molecule has 1 atom stereocenters. The Labute approximate surface area is 102 Å².